The molecule has 0 saturated carbocycles. The minimum absolute atomic E-state index is 0.0429. The van der Waals surface area contributed by atoms with Crippen molar-refractivity contribution in [1.82, 2.24) is 5.32 Å². The number of carbonyl (C=O) groups excluding carboxylic acids is 2. The average Bonchev–Trinajstić information content (AvgIpc) is 2.90. The first-order valence-electron chi connectivity index (χ1n) is 11.1. The maximum atomic E-state index is 13.2. The third-order valence-electron chi connectivity index (χ3n) is 5.55. The van der Waals surface area contributed by atoms with Gasteiger partial charge in [-0.15, -0.1) is 0 Å². The lowest BCUT2D eigenvalue weighted by Crippen LogP contribution is -2.54. The van der Waals surface area contributed by atoms with E-state index in [0.29, 0.717) is 17.1 Å². The van der Waals surface area contributed by atoms with Gasteiger partial charge in [-0.2, -0.15) is 0 Å². The summed E-state index contributed by atoms with van der Waals surface area (Å²) < 4.78 is 11.2. The summed E-state index contributed by atoms with van der Waals surface area (Å²) in [5.41, 5.74) is 1.32. The van der Waals surface area contributed by atoms with Gasteiger partial charge in [0.2, 0.25) is 0 Å². The number of carboxylic acids is 2. The molecule has 3 aromatic carbocycles. The monoisotopic (exact) mass is 532 g/mol. The number of carbonyl (C=O) groups is 4. The van der Waals surface area contributed by atoms with Crippen molar-refractivity contribution in [3.63, 3.8) is 0 Å². The van der Waals surface area contributed by atoms with E-state index in [-0.39, 0.29) is 34.1 Å². The number of hydrogen-bond acceptors (Lipinski definition) is 7. The third kappa shape index (κ3) is 5.52. The second-order valence-electron chi connectivity index (χ2n) is 8.01. The normalized spacial score (nSPS) is 14.3. The molecule has 1 heterocycles. The van der Waals surface area contributed by atoms with Crippen LogP contribution in [0, 0.1) is 0 Å². The lowest BCUT2D eigenvalue weighted by Gasteiger charge is -2.29. The van der Waals surface area contributed by atoms with Gasteiger partial charge in [0.05, 0.1) is 23.9 Å². The standard InChI is InChI=1S/C27H20N2O8S/c1-36-22-12-16(7-10-21(22)37-14-15-5-8-17(9-6-15)25(32)33)11-20-23(30)28-27(38)29(24(20)31)19-4-2-3-18(13-19)26(34)35/h2-13H,14H2,1H3,(H,32,33)(H,34,35)(H,28,30,38). The summed E-state index contributed by atoms with van der Waals surface area (Å²) in [5.74, 6) is -2.88. The van der Waals surface area contributed by atoms with Crippen molar-refractivity contribution in [1.29, 1.82) is 0 Å². The van der Waals surface area contributed by atoms with E-state index in [1.165, 1.54) is 49.6 Å². The summed E-state index contributed by atoms with van der Waals surface area (Å²) in [4.78, 5) is 49.3. The van der Waals surface area contributed by atoms with Gasteiger partial charge in [-0.05, 0) is 71.9 Å². The van der Waals surface area contributed by atoms with Crippen LogP contribution in [0.3, 0.4) is 0 Å². The molecule has 0 radical (unpaired) electrons. The van der Waals surface area contributed by atoms with Gasteiger partial charge < -0.3 is 19.7 Å². The van der Waals surface area contributed by atoms with Crippen molar-refractivity contribution in [2.75, 3.05) is 12.0 Å². The van der Waals surface area contributed by atoms with Gasteiger partial charge in [-0.3, -0.25) is 19.8 Å². The fraction of sp³-hybridized carbons (Fsp3) is 0.0741. The molecule has 1 aliphatic rings. The molecule has 10 nitrogen and oxygen atoms in total. The van der Waals surface area contributed by atoms with Gasteiger partial charge in [0.1, 0.15) is 12.2 Å². The van der Waals surface area contributed by atoms with Gasteiger partial charge in [0, 0.05) is 0 Å². The molecule has 4 rings (SSSR count). The fourth-order valence-electron chi connectivity index (χ4n) is 3.63. The number of nitrogens with zero attached hydrogens (tertiary/aromatic N) is 1. The van der Waals surface area contributed by atoms with Crippen LogP contribution < -0.4 is 19.7 Å². The van der Waals surface area contributed by atoms with Crippen LogP contribution in [0.25, 0.3) is 6.08 Å². The number of ether oxygens (including phenoxy) is 2. The lowest BCUT2D eigenvalue weighted by atomic mass is 10.1. The Kier molecular flexibility index (Phi) is 7.49. The highest BCUT2D eigenvalue weighted by Crippen LogP contribution is 2.31. The number of aromatic carboxylic acids is 2. The number of thiocarbonyl (C=S) groups is 1. The highest BCUT2D eigenvalue weighted by Gasteiger charge is 2.34. The van der Waals surface area contributed by atoms with Crippen molar-refractivity contribution in [2.45, 2.75) is 6.61 Å². The summed E-state index contributed by atoms with van der Waals surface area (Å²) in [7, 11) is 1.44. The van der Waals surface area contributed by atoms with Gasteiger partial charge in [-0.1, -0.05) is 24.3 Å². The van der Waals surface area contributed by atoms with Crippen LogP contribution in [-0.2, 0) is 16.2 Å². The highest BCUT2D eigenvalue weighted by molar-refractivity contribution is 7.80. The van der Waals surface area contributed by atoms with E-state index in [0.717, 1.165) is 10.5 Å². The van der Waals surface area contributed by atoms with Gasteiger partial charge in [0.25, 0.3) is 11.8 Å². The number of methoxy groups -OCH3 is 1. The molecule has 3 N–H and O–H groups in total. The van der Waals surface area contributed by atoms with Crippen molar-refractivity contribution in [2.24, 2.45) is 0 Å². The smallest absolute Gasteiger partial charge is 0.335 e. The van der Waals surface area contributed by atoms with E-state index in [2.05, 4.69) is 5.32 Å². The van der Waals surface area contributed by atoms with Crippen LogP contribution >= 0.6 is 12.2 Å². The summed E-state index contributed by atoms with van der Waals surface area (Å²) in [6.45, 7) is 0.152. The van der Waals surface area contributed by atoms with E-state index in [4.69, 9.17) is 26.8 Å². The molecule has 192 valence electrons. The minimum atomic E-state index is -1.17. The first kappa shape index (κ1) is 26.0. The Morgan fingerprint density at radius 1 is 0.947 bits per heavy atom. The van der Waals surface area contributed by atoms with Crippen molar-refractivity contribution < 1.29 is 38.9 Å². The van der Waals surface area contributed by atoms with Crippen LogP contribution in [0.5, 0.6) is 11.5 Å². The van der Waals surface area contributed by atoms with Gasteiger partial charge >= 0.3 is 11.9 Å². The molecule has 38 heavy (non-hydrogen) atoms. The Morgan fingerprint density at radius 3 is 2.32 bits per heavy atom. The average molecular weight is 533 g/mol. The topological polar surface area (TPSA) is 142 Å². The van der Waals surface area contributed by atoms with Crippen LogP contribution in [0.1, 0.15) is 31.8 Å². The zero-order chi connectivity index (χ0) is 27.4. The number of anilines is 1. The second-order valence-corrected chi connectivity index (χ2v) is 8.40. The first-order chi connectivity index (χ1) is 18.2. The van der Waals surface area contributed by atoms with Crippen LogP contribution in [0.2, 0.25) is 0 Å². The molecular formula is C27H20N2O8S. The minimum Gasteiger partial charge on any atom is -0.493 e. The van der Waals surface area contributed by atoms with Gasteiger partial charge in [-0.25, -0.2) is 9.59 Å². The van der Waals surface area contributed by atoms with Crippen LogP contribution in [0.4, 0.5) is 5.69 Å². The molecular weight excluding hydrogens is 512 g/mol. The number of nitrogens with one attached hydrogen (secondary N) is 1. The maximum absolute atomic E-state index is 13.2. The van der Waals surface area contributed by atoms with E-state index >= 15 is 0 Å². The molecule has 0 aromatic heterocycles. The summed E-state index contributed by atoms with van der Waals surface area (Å²) >= 11 is 5.17. The van der Waals surface area contributed by atoms with E-state index in [1.54, 1.807) is 30.3 Å². The highest BCUT2D eigenvalue weighted by atomic mass is 32.1. The largest absolute Gasteiger partial charge is 0.493 e. The third-order valence-corrected chi connectivity index (χ3v) is 5.83. The summed E-state index contributed by atoms with van der Waals surface area (Å²) in [5, 5.41) is 20.6. The predicted molar refractivity (Wildman–Crippen MR) is 140 cm³/mol. The van der Waals surface area contributed by atoms with Crippen molar-refractivity contribution in [3.05, 3.63) is 94.6 Å². The van der Waals surface area contributed by atoms with E-state index in [1.807, 2.05) is 0 Å². The molecule has 11 heteroatoms. The molecule has 0 unspecified atom stereocenters. The first-order valence-corrected chi connectivity index (χ1v) is 11.5. The molecule has 0 spiro atoms. The quantitative estimate of drug-likeness (QED) is 0.226. The van der Waals surface area contributed by atoms with Crippen molar-refractivity contribution >= 4 is 52.8 Å². The molecule has 2 amide bonds. The Morgan fingerprint density at radius 2 is 1.66 bits per heavy atom. The maximum Gasteiger partial charge on any atom is 0.335 e. The molecule has 0 aliphatic carbocycles. The van der Waals surface area contributed by atoms with Crippen LogP contribution in [-0.4, -0.2) is 46.2 Å². The Bertz CT molecular complexity index is 1500. The number of amides is 2. The SMILES string of the molecule is COc1cc(C=C2C(=O)NC(=S)N(c3cccc(C(=O)O)c3)C2=O)ccc1OCc1ccc(C(=O)O)cc1. The fourth-order valence-corrected chi connectivity index (χ4v) is 3.92. The molecule has 1 fully saturated rings. The Balaban J connectivity index is 1.57. The predicted octanol–water partition coefficient (Wildman–Crippen LogP) is 3.50. The molecule has 3 aromatic rings. The summed E-state index contributed by atoms with van der Waals surface area (Å²) in [6.07, 6.45) is 1.37. The second kappa shape index (κ2) is 10.9. The Labute approximate surface area is 221 Å². The van der Waals surface area contributed by atoms with Crippen molar-refractivity contribution in [3.8, 4) is 11.5 Å². The zero-order valence-corrected chi connectivity index (χ0v) is 20.7. The number of hydrogen-bond donors (Lipinski definition) is 3. The molecule has 0 atom stereocenters. The number of carboxylic acid groups (broad SMARTS) is 2. The number of benzene rings is 3. The molecule has 0 bridgehead atoms. The van der Waals surface area contributed by atoms with E-state index < -0.39 is 23.8 Å². The molecule has 1 aliphatic heterocycles. The molecule has 1 saturated heterocycles. The lowest BCUT2D eigenvalue weighted by molar-refractivity contribution is -0.122. The van der Waals surface area contributed by atoms with E-state index in [9.17, 15) is 24.3 Å². The zero-order valence-electron chi connectivity index (χ0n) is 19.8. The number of rotatable bonds is 8. The Hall–Kier alpha value is -5.03. The van der Waals surface area contributed by atoms with Crippen LogP contribution in [0.15, 0.2) is 72.3 Å². The summed E-state index contributed by atoms with van der Waals surface area (Å²) in [6, 6.07) is 16.7. The van der Waals surface area contributed by atoms with Gasteiger partial charge in [0.15, 0.2) is 16.6 Å².